The fourth-order valence-corrected chi connectivity index (χ4v) is 4.73. The summed E-state index contributed by atoms with van der Waals surface area (Å²) in [6.07, 6.45) is 2.43. The predicted octanol–water partition coefficient (Wildman–Crippen LogP) is 4.63. The summed E-state index contributed by atoms with van der Waals surface area (Å²) in [7, 11) is 3.89. The Balaban J connectivity index is 1.91. The molecule has 34 heavy (non-hydrogen) atoms. The fourth-order valence-electron chi connectivity index (χ4n) is 4.43. The molecular formula is C25H26Cl2N4O3. The average Bonchev–Trinajstić information content (AvgIpc) is 3.25. The molecule has 1 N–H and O–H groups in total. The van der Waals surface area contributed by atoms with Crippen LogP contribution in [-0.2, 0) is 9.59 Å². The number of hydrogen-bond donors (Lipinski definition) is 1. The van der Waals surface area contributed by atoms with Crippen molar-refractivity contribution in [2.45, 2.75) is 26.3 Å². The number of aromatic nitrogens is 2. The minimum atomic E-state index is -0.799. The van der Waals surface area contributed by atoms with Gasteiger partial charge in [0.05, 0.1) is 27.4 Å². The highest BCUT2D eigenvalue weighted by atomic mass is 35.5. The maximum atomic E-state index is 13.3. The number of Topliss-reactive ketones (excluding diaryl/α,β-unsaturated/α-hetero) is 1. The number of carbonyl (C=O) groups excluding carboxylic acids is 2. The molecule has 1 aliphatic rings. The second-order valence-corrected chi connectivity index (χ2v) is 9.57. The van der Waals surface area contributed by atoms with Gasteiger partial charge < -0.3 is 14.9 Å². The van der Waals surface area contributed by atoms with E-state index >= 15 is 0 Å². The summed E-state index contributed by atoms with van der Waals surface area (Å²) in [6.45, 7) is 4.77. The van der Waals surface area contributed by atoms with E-state index < -0.39 is 17.7 Å². The van der Waals surface area contributed by atoms with Crippen LogP contribution in [0.4, 0.5) is 0 Å². The van der Waals surface area contributed by atoms with Gasteiger partial charge in [-0.3, -0.25) is 14.0 Å². The van der Waals surface area contributed by atoms with E-state index in [-0.39, 0.29) is 11.3 Å². The fraction of sp³-hybridized carbons (Fsp3) is 0.320. The summed E-state index contributed by atoms with van der Waals surface area (Å²) in [4.78, 5) is 34.5. The van der Waals surface area contributed by atoms with Crippen LogP contribution >= 0.6 is 23.2 Å². The van der Waals surface area contributed by atoms with E-state index in [1.807, 2.05) is 38.1 Å². The lowest BCUT2D eigenvalue weighted by atomic mass is 9.96. The van der Waals surface area contributed by atoms with Gasteiger partial charge in [-0.05, 0) is 70.2 Å². The minimum Gasteiger partial charge on any atom is -0.505 e. The van der Waals surface area contributed by atoms with Crippen LogP contribution in [0.5, 0.6) is 0 Å². The summed E-state index contributed by atoms with van der Waals surface area (Å²) in [5, 5.41) is 12.2. The molecule has 4 rings (SSSR count). The third kappa shape index (κ3) is 4.19. The maximum Gasteiger partial charge on any atom is 0.295 e. The summed E-state index contributed by atoms with van der Waals surface area (Å²) in [6, 6.07) is 7.95. The molecule has 0 saturated carbocycles. The van der Waals surface area contributed by atoms with E-state index in [1.54, 1.807) is 35.7 Å². The van der Waals surface area contributed by atoms with Crippen molar-refractivity contribution >= 4 is 46.3 Å². The number of aryl methyl sites for hydroxylation is 2. The number of pyridine rings is 1. The first-order chi connectivity index (χ1) is 16.1. The van der Waals surface area contributed by atoms with Crippen LogP contribution in [0.15, 0.2) is 42.1 Å². The number of rotatable bonds is 6. The zero-order valence-corrected chi connectivity index (χ0v) is 21.0. The number of halogens is 2. The van der Waals surface area contributed by atoms with Gasteiger partial charge in [0.25, 0.3) is 11.7 Å². The zero-order chi connectivity index (χ0) is 24.7. The number of fused-ring (bicyclic) bond motifs is 1. The van der Waals surface area contributed by atoms with Crippen molar-refractivity contribution in [3.8, 4) is 0 Å². The first kappa shape index (κ1) is 24.3. The zero-order valence-electron chi connectivity index (χ0n) is 19.5. The molecule has 1 fully saturated rings. The molecule has 9 heteroatoms. The first-order valence-corrected chi connectivity index (χ1v) is 11.7. The molecule has 2 aromatic heterocycles. The Morgan fingerprint density at radius 2 is 1.88 bits per heavy atom. The molecule has 3 aromatic rings. The second kappa shape index (κ2) is 9.41. The highest BCUT2D eigenvalue weighted by Crippen LogP contribution is 2.41. The summed E-state index contributed by atoms with van der Waals surface area (Å²) in [5.74, 6) is -1.65. The van der Waals surface area contributed by atoms with Crippen molar-refractivity contribution in [1.82, 2.24) is 19.2 Å². The van der Waals surface area contributed by atoms with E-state index in [1.165, 1.54) is 4.90 Å². The maximum absolute atomic E-state index is 13.3. The number of benzene rings is 1. The topological polar surface area (TPSA) is 78.1 Å². The number of ketones is 1. The number of aliphatic hydroxyl groups is 1. The van der Waals surface area contributed by atoms with Crippen LogP contribution in [0.3, 0.4) is 0 Å². The number of hydrogen-bond acceptors (Lipinski definition) is 5. The first-order valence-electron chi connectivity index (χ1n) is 10.9. The molecule has 1 saturated heterocycles. The Morgan fingerprint density at radius 1 is 1.15 bits per heavy atom. The van der Waals surface area contributed by atoms with E-state index in [0.717, 1.165) is 12.1 Å². The predicted molar refractivity (Wildman–Crippen MR) is 133 cm³/mol. The smallest absolute Gasteiger partial charge is 0.295 e. The lowest BCUT2D eigenvalue weighted by Gasteiger charge is -2.26. The van der Waals surface area contributed by atoms with Gasteiger partial charge in [0, 0.05) is 12.7 Å². The van der Waals surface area contributed by atoms with Crippen LogP contribution < -0.4 is 0 Å². The monoisotopic (exact) mass is 500 g/mol. The Kier molecular flexibility index (Phi) is 6.71. The lowest BCUT2D eigenvalue weighted by molar-refractivity contribution is -0.139. The van der Waals surface area contributed by atoms with Gasteiger partial charge in [0.1, 0.15) is 11.3 Å². The normalized spacial score (nSPS) is 18.0. The largest absolute Gasteiger partial charge is 0.505 e. The molecule has 0 unspecified atom stereocenters. The van der Waals surface area contributed by atoms with Crippen LogP contribution in [0.25, 0.3) is 11.4 Å². The highest BCUT2D eigenvalue weighted by Gasteiger charge is 2.46. The number of aliphatic hydroxyl groups excluding tert-OH is 1. The molecule has 7 nitrogen and oxygen atoms in total. The lowest BCUT2D eigenvalue weighted by Crippen LogP contribution is -2.32. The van der Waals surface area contributed by atoms with Crippen LogP contribution in [0, 0.1) is 13.8 Å². The Morgan fingerprint density at radius 3 is 2.56 bits per heavy atom. The van der Waals surface area contributed by atoms with Crippen molar-refractivity contribution in [2.75, 3.05) is 27.2 Å². The van der Waals surface area contributed by atoms with Crippen molar-refractivity contribution in [3.05, 3.63) is 74.7 Å². The SMILES string of the molecule is Cc1nc2c(C)cccn2c1C(O)=C1C(=O)C(=O)N(CCCN(C)C)[C@@H]1c1ccc(Cl)c(Cl)c1. The second-order valence-electron chi connectivity index (χ2n) is 8.75. The molecule has 0 bridgehead atoms. The Bertz CT molecular complexity index is 1330. The van der Waals surface area contributed by atoms with Crippen molar-refractivity contribution in [1.29, 1.82) is 0 Å². The number of likely N-dealkylation sites (tertiary alicyclic amines) is 1. The van der Waals surface area contributed by atoms with Gasteiger partial charge in [0.2, 0.25) is 0 Å². The highest BCUT2D eigenvalue weighted by molar-refractivity contribution is 6.46. The van der Waals surface area contributed by atoms with Gasteiger partial charge in [0.15, 0.2) is 5.76 Å². The molecule has 0 radical (unpaired) electrons. The minimum absolute atomic E-state index is 0.0136. The van der Waals surface area contributed by atoms with Crippen LogP contribution in [0.1, 0.15) is 35.0 Å². The molecular weight excluding hydrogens is 475 g/mol. The Labute approximate surface area is 208 Å². The van der Waals surface area contributed by atoms with Crippen LogP contribution in [-0.4, -0.2) is 63.2 Å². The van der Waals surface area contributed by atoms with E-state index in [2.05, 4.69) is 4.98 Å². The standard InChI is InChI=1S/C25H26Cl2N4O3/c1-14-7-5-11-30-20(15(2)28-24(14)30)22(32)19-21(16-8-9-17(26)18(27)13-16)31(25(34)23(19)33)12-6-10-29(3)4/h5,7-9,11,13,21,32H,6,10,12H2,1-4H3/t21-/m1/s1. The van der Waals surface area contributed by atoms with Gasteiger partial charge in [-0.2, -0.15) is 0 Å². The number of carbonyl (C=O) groups is 2. The number of imidazole rings is 1. The van der Waals surface area contributed by atoms with Crippen molar-refractivity contribution < 1.29 is 14.7 Å². The number of nitrogens with zero attached hydrogens (tertiary/aromatic N) is 4. The quantitative estimate of drug-likeness (QED) is 0.303. The third-order valence-corrected chi connectivity index (χ3v) is 6.79. The molecule has 1 aliphatic heterocycles. The molecule has 178 valence electrons. The summed E-state index contributed by atoms with van der Waals surface area (Å²) >= 11 is 12.4. The van der Waals surface area contributed by atoms with Gasteiger partial charge in [-0.15, -0.1) is 0 Å². The van der Waals surface area contributed by atoms with Crippen molar-refractivity contribution in [3.63, 3.8) is 0 Å². The summed E-state index contributed by atoms with van der Waals surface area (Å²) in [5.41, 5.74) is 3.15. The average molecular weight is 501 g/mol. The van der Waals surface area contributed by atoms with Gasteiger partial charge >= 0.3 is 0 Å². The Hall–Kier alpha value is -2.87. The molecule has 0 aliphatic carbocycles. The third-order valence-electron chi connectivity index (χ3n) is 6.05. The summed E-state index contributed by atoms with van der Waals surface area (Å²) < 4.78 is 1.74. The van der Waals surface area contributed by atoms with Gasteiger partial charge in [-0.25, -0.2) is 4.98 Å². The van der Waals surface area contributed by atoms with Crippen LogP contribution in [0.2, 0.25) is 10.0 Å². The van der Waals surface area contributed by atoms with Gasteiger partial charge in [-0.1, -0.05) is 35.3 Å². The van der Waals surface area contributed by atoms with E-state index in [9.17, 15) is 14.7 Å². The van der Waals surface area contributed by atoms with Crippen molar-refractivity contribution in [2.24, 2.45) is 0 Å². The molecule has 1 amide bonds. The molecule has 1 aromatic carbocycles. The number of amides is 1. The molecule has 0 spiro atoms. The molecule has 1 atom stereocenters. The molecule has 3 heterocycles. The van der Waals surface area contributed by atoms with E-state index in [4.69, 9.17) is 23.2 Å². The van der Waals surface area contributed by atoms with E-state index in [0.29, 0.717) is 45.6 Å².